The maximum Gasteiger partial charge on any atom is 0.260 e. The first-order chi connectivity index (χ1) is 15.2. The van der Waals surface area contributed by atoms with Crippen LogP contribution < -0.4 is 4.74 Å². The molecular weight excluding hydrogens is 430 g/mol. The number of morpholine rings is 1. The summed E-state index contributed by atoms with van der Waals surface area (Å²) in [7, 11) is 0. The van der Waals surface area contributed by atoms with Crippen LogP contribution in [-0.4, -0.2) is 73.2 Å². The number of aromatic nitrogens is 1. The first-order valence-electron chi connectivity index (χ1n) is 11.2. The Hall–Kier alpha value is -1.74. The number of piperidine rings is 1. The predicted octanol–water partition coefficient (Wildman–Crippen LogP) is 4.16. The molecule has 2 fully saturated rings. The second-order valence-corrected chi connectivity index (χ2v) is 10.6. The van der Waals surface area contributed by atoms with E-state index in [1.165, 1.54) is 6.42 Å². The predicted molar refractivity (Wildman–Crippen MR) is 126 cm³/mol. The number of thiophene rings is 1. The van der Waals surface area contributed by atoms with Gasteiger partial charge in [0.15, 0.2) is 6.61 Å². The third-order valence-electron chi connectivity index (χ3n) is 6.44. The van der Waals surface area contributed by atoms with Gasteiger partial charge >= 0.3 is 0 Å². The van der Waals surface area contributed by atoms with Crippen LogP contribution in [0.3, 0.4) is 0 Å². The maximum absolute atomic E-state index is 12.8. The third kappa shape index (κ3) is 4.72. The summed E-state index contributed by atoms with van der Waals surface area (Å²) in [6.45, 7) is 8.80. The minimum Gasteiger partial charge on any atom is -0.483 e. The minimum atomic E-state index is 0.0931. The molecule has 0 atom stereocenters. The van der Waals surface area contributed by atoms with Crippen molar-refractivity contribution in [2.24, 2.45) is 5.92 Å². The van der Waals surface area contributed by atoms with Crippen LogP contribution in [0.15, 0.2) is 17.5 Å². The van der Waals surface area contributed by atoms with Gasteiger partial charge in [-0.1, -0.05) is 0 Å². The van der Waals surface area contributed by atoms with Crippen molar-refractivity contribution in [3.8, 4) is 5.75 Å². The van der Waals surface area contributed by atoms with Gasteiger partial charge in [-0.15, -0.1) is 22.7 Å². The lowest BCUT2D eigenvalue weighted by atomic mass is 9.93. The fourth-order valence-corrected chi connectivity index (χ4v) is 6.43. The molecule has 3 aromatic rings. The van der Waals surface area contributed by atoms with E-state index in [-0.39, 0.29) is 12.5 Å². The van der Waals surface area contributed by atoms with Gasteiger partial charge in [0.05, 0.1) is 33.1 Å². The largest absolute Gasteiger partial charge is 0.483 e. The molecule has 4 heterocycles. The molecule has 0 unspecified atom stereocenters. The number of hydrogen-bond donors (Lipinski definition) is 0. The molecule has 166 valence electrons. The molecule has 2 aliphatic heterocycles. The zero-order valence-electron chi connectivity index (χ0n) is 18.0. The van der Waals surface area contributed by atoms with Crippen molar-refractivity contribution in [3.05, 3.63) is 22.5 Å². The summed E-state index contributed by atoms with van der Waals surface area (Å²) in [6.07, 6.45) is 3.41. The molecule has 31 heavy (non-hydrogen) atoms. The number of fused-ring (bicyclic) bond motifs is 3. The van der Waals surface area contributed by atoms with Crippen LogP contribution in [0.5, 0.6) is 5.75 Å². The van der Waals surface area contributed by atoms with Gasteiger partial charge in [-0.05, 0) is 50.1 Å². The van der Waals surface area contributed by atoms with Crippen LogP contribution in [-0.2, 0) is 9.53 Å². The molecule has 5 rings (SSSR count). The zero-order valence-corrected chi connectivity index (χ0v) is 19.6. The second-order valence-electron chi connectivity index (χ2n) is 8.47. The fourth-order valence-electron chi connectivity index (χ4n) is 4.60. The Morgan fingerprint density at radius 3 is 2.87 bits per heavy atom. The van der Waals surface area contributed by atoms with Gasteiger partial charge in [0.2, 0.25) is 0 Å². The van der Waals surface area contributed by atoms with Crippen molar-refractivity contribution in [1.29, 1.82) is 0 Å². The van der Waals surface area contributed by atoms with Crippen LogP contribution in [0.2, 0.25) is 0 Å². The Labute approximate surface area is 190 Å². The summed E-state index contributed by atoms with van der Waals surface area (Å²) in [6, 6.07) is 4.11. The van der Waals surface area contributed by atoms with Crippen molar-refractivity contribution in [1.82, 2.24) is 14.8 Å². The number of amides is 1. The van der Waals surface area contributed by atoms with Crippen molar-refractivity contribution in [2.75, 3.05) is 52.5 Å². The molecule has 0 saturated carbocycles. The van der Waals surface area contributed by atoms with Gasteiger partial charge in [-0.3, -0.25) is 9.69 Å². The van der Waals surface area contributed by atoms with Crippen LogP contribution in [0, 0.1) is 12.8 Å². The Morgan fingerprint density at radius 2 is 2.06 bits per heavy atom. The third-order valence-corrected chi connectivity index (χ3v) is 8.28. The number of hydrogen-bond acceptors (Lipinski definition) is 7. The number of carbonyl (C=O) groups is 1. The van der Waals surface area contributed by atoms with Crippen LogP contribution >= 0.6 is 22.7 Å². The van der Waals surface area contributed by atoms with Crippen molar-refractivity contribution in [2.45, 2.75) is 26.2 Å². The van der Waals surface area contributed by atoms with Crippen LogP contribution in [0.4, 0.5) is 0 Å². The number of aryl methyl sites for hydroxylation is 1. The number of carbonyl (C=O) groups excluding carboxylic acids is 1. The number of nitrogens with zero attached hydrogens (tertiary/aromatic N) is 3. The summed E-state index contributed by atoms with van der Waals surface area (Å²) in [5, 5.41) is 4.17. The average molecular weight is 460 g/mol. The molecule has 0 radical (unpaired) electrons. The quantitative estimate of drug-likeness (QED) is 0.554. The van der Waals surface area contributed by atoms with Gasteiger partial charge in [0.1, 0.15) is 5.75 Å². The first kappa shape index (κ1) is 21.1. The molecule has 1 amide bonds. The van der Waals surface area contributed by atoms with E-state index in [4.69, 9.17) is 9.47 Å². The van der Waals surface area contributed by atoms with Gasteiger partial charge in [-0.25, -0.2) is 4.98 Å². The minimum absolute atomic E-state index is 0.0931. The summed E-state index contributed by atoms with van der Waals surface area (Å²) >= 11 is 3.35. The van der Waals surface area contributed by atoms with Crippen molar-refractivity contribution >= 4 is 48.9 Å². The highest BCUT2D eigenvalue weighted by molar-refractivity contribution is 7.21. The summed E-state index contributed by atoms with van der Waals surface area (Å²) < 4.78 is 13.7. The topological polar surface area (TPSA) is 54.9 Å². The summed E-state index contributed by atoms with van der Waals surface area (Å²) in [5.74, 6) is 1.60. The Kier molecular flexibility index (Phi) is 6.41. The molecule has 8 heteroatoms. The van der Waals surface area contributed by atoms with Crippen LogP contribution in [0.1, 0.15) is 24.3 Å². The molecular formula is C23H29N3O3S2. The molecule has 2 aromatic heterocycles. The Balaban J connectivity index is 1.14. The molecule has 0 N–H and O–H groups in total. The highest BCUT2D eigenvalue weighted by Gasteiger charge is 2.24. The highest BCUT2D eigenvalue weighted by Crippen LogP contribution is 2.38. The number of likely N-dealkylation sites (tertiary alicyclic amines) is 1. The molecule has 6 nitrogen and oxygen atoms in total. The lowest BCUT2D eigenvalue weighted by Gasteiger charge is -2.34. The molecule has 0 bridgehead atoms. The van der Waals surface area contributed by atoms with Gasteiger partial charge in [0.25, 0.3) is 5.91 Å². The number of rotatable bonds is 6. The molecule has 0 spiro atoms. The van der Waals surface area contributed by atoms with Crippen molar-refractivity contribution in [3.63, 3.8) is 0 Å². The normalized spacial score (nSPS) is 18.8. The van der Waals surface area contributed by atoms with E-state index in [1.807, 2.05) is 17.9 Å². The van der Waals surface area contributed by atoms with E-state index in [9.17, 15) is 4.79 Å². The van der Waals surface area contributed by atoms with Crippen molar-refractivity contribution < 1.29 is 14.3 Å². The molecule has 1 aromatic carbocycles. The standard InChI is InChI=1S/C23H29N3O3S2/c1-16-24-22-20(31-16)14-19(18-5-13-30-23(18)22)29-15-21(27)26-7-3-17(4-8-26)2-6-25-9-11-28-12-10-25/h5,13-14,17H,2-4,6-12,15H2,1H3. The summed E-state index contributed by atoms with van der Waals surface area (Å²) in [5.41, 5.74) is 1.05. The summed E-state index contributed by atoms with van der Waals surface area (Å²) in [4.78, 5) is 21.9. The maximum atomic E-state index is 12.8. The Morgan fingerprint density at radius 1 is 1.26 bits per heavy atom. The van der Waals surface area contributed by atoms with Gasteiger partial charge in [0, 0.05) is 37.6 Å². The molecule has 0 aliphatic carbocycles. The first-order valence-corrected chi connectivity index (χ1v) is 12.8. The van der Waals surface area contributed by atoms with E-state index < -0.39 is 0 Å². The SMILES string of the molecule is Cc1nc2c(cc(OCC(=O)N3CCC(CCN4CCOCC4)CC3)c3ccsc32)s1. The molecule has 2 aliphatic rings. The van der Waals surface area contributed by atoms with E-state index in [2.05, 4.69) is 21.3 Å². The number of thiazole rings is 1. The van der Waals surface area contributed by atoms with E-state index >= 15 is 0 Å². The van der Waals surface area contributed by atoms with E-state index in [0.29, 0.717) is 0 Å². The van der Waals surface area contributed by atoms with E-state index in [0.717, 1.165) is 95.8 Å². The smallest absolute Gasteiger partial charge is 0.260 e. The number of benzene rings is 1. The average Bonchev–Trinajstić information content (AvgIpc) is 3.43. The second kappa shape index (κ2) is 9.40. The van der Waals surface area contributed by atoms with Crippen LogP contribution in [0.25, 0.3) is 20.3 Å². The highest BCUT2D eigenvalue weighted by atomic mass is 32.1. The monoisotopic (exact) mass is 459 g/mol. The van der Waals surface area contributed by atoms with E-state index in [1.54, 1.807) is 22.7 Å². The lowest BCUT2D eigenvalue weighted by molar-refractivity contribution is -0.134. The fraction of sp³-hybridized carbons (Fsp3) is 0.565. The zero-order chi connectivity index (χ0) is 21.2. The Bertz CT molecular complexity index is 1050. The van der Waals surface area contributed by atoms with Gasteiger partial charge in [-0.2, -0.15) is 0 Å². The number of ether oxygens (including phenoxy) is 2. The lowest BCUT2D eigenvalue weighted by Crippen LogP contribution is -2.42. The molecule has 2 saturated heterocycles. The van der Waals surface area contributed by atoms with Gasteiger partial charge < -0.3 is 14.4 Å².